The van der Waals surface area contributed by atoms with Crippen molar-refractivity contribution < 1.29 is 10.2 Å². The topological polar surface area (TPSA) is 40.5 Å². The first-order valence-corrected chi connectivity index (χ1v) is 6.99. The van der Waals surface area contributed by atoms with E-state index < -0.39 is 5.60 Å². The molecule has 0 amide bonds. The fraction of sp³-hybridized carbons (Fsp3) is 0.867. The van der Waals surface area contributed by atoms with Crippen LogP contribution in [0.25, 0.3) is 0 Å². The molecule has 1 saturated carbocycles. The van der Waals surface area contributed by atoms with Crippen LogP contribution in [0, 0.1) is 23.7 Å². The molecule has 2 N–H and O–H groups in total. The maximum Gasteiger partial charge on any atom is 0.0741 e. The molecule has 2 nitrogen and oxygen atoms in total. The summed E-state index contributed by atoms with van der Waals surface area (Å²) in [5.41, 5.74) is 0.884. The van der Waals surface area contributed by atoms with Crippen LogP contribution in [0.2, 0.25) is 0 Å². The van der Waals surface area contributed by atoms with Crippen molar-refractivity contribution in [2.45, 2.75) is 52.1 Å². The van der Waals surface area contributed by atoms with E-state index >= 15 is 0 Å². The number of rotatable bonds is 2. The molecule has 0 heterocycles. The quantitative estimate of drug-likeness (QED) is 0.726. The molecular weight excluding hydrogens is 212 g/mol. The van der Waals surface area contributed by atoms with Gasteiger partial charge in [0.05, 0.1) is 5.60 Å². The summed E-state index contributed by atoms with van der Waals surface area (Å²) in [6.45, 7) is 6.69. The summed E-state index contributed by atoms with van der Waals surface area (Å²) in [6, 6.07) is 0. The number of allylic oxidation sites excluding steroid dienone is 1. The van der Waals surface area contributed by atoms with Crippen molar-refractivity contribution in [2.24, 2.45) is 23.7 Å². The third kappa shape index (κ3) is 2.17. The summed E-state index contributed by atoms with van der Waals surface area (Å²) in [7, 11) is 0. The first-order chi connectivity index (χ1) is 7.99. The number of hydrogen-bond donors (Lipinski definition) is 2. The molecule has 5 unspecified atom stereocenters. The van der Waals surface area contributed by atoms with Crippen molar-refractivity contribution in [3.05, 3.63) is 11.6 Å². The van der Waals surface area contributed by atoms with E-state index in [0.717, 1.165) is 25.7 Å². The highest BCUT2D eigenvalue weighted by molar-refractivity contribution is 5.17. The number of fused-ring (bicyclic) bond motifs is 1. The van der Waals surface area contributed by atoms with Crippen LogP contribution < -0.4 is 0 Å². The van der Waals surface area contributed by atoms with Crippen LogP contribution in [0.3, 0.4) is 0 Å². The molecule has 0 aromatic heterocycles. The third-order valence-electron chi connectivity index (χ3n) is 5.23. The van der Waals surface area contributed by atoms with E-state index in [1.54, 1.807) is 0 Å². The summed E-state index contributed by atoms with van der Waals surface area (Å²) >= 11 is 0. The van der Waals surface area contributed by atoms with Crippen LogP contribution in [0.4, 0.5) is 0 Å². The van der Waals surface area contributed by atoms with Gasteiger partial charge in [-0.05, 0) is 50.4 Å². The number of aliphatic hydroxyl groups excluding tert-OH is 1. The summed E-state index contributed by atoms with van der Waals surface area (Å²) < 4.78 is 0. The van der Waals surface area contributed by atoms with E-state index in [1.165, 1.54) is 5.57 Å². The van der Waals surface area contributed by atoms with E-state index in [1.807, 2.05) is 0 Å². The van der Waals surface area contributed by atoms with Crippen LogP contribution in [-0.2, 0) is 0 Å². The highest BCUT2D eigenvalue weighted by Crippen LogP contribution is 2.50. The smallest absolute Gasteiger partial charge is 0.0741 e. The largest absolute Gasteiger partial charge is 0.396 e. The lowest BCUT2D eigenvalue weighted by atomic mass is 9.57. The van der Waals surface area contributed by atoms with E-state index in [-0.39, 0.29) is 12.5 Å². The minimum absolute atomic E-state index is 0.235. The highest BCUT2D eigenvalue weighted by Gasteiger charge is 2.49. The van der Waals surface area contributed by atoms with Crippen LogP contribution in [0.1, 0.15) is 46.5 Å². The summed E-state index contributed by atoms with van der Waals surface area (Å²) in [5.74, 6) is 1.37. The zero-order valence-corrected chi connectivity index (χ0v) is 11.3. The predicted molar refractivity (Wildman–Crippen MR) is 69.6 cm³/mol. The molecule has 0 bridgehead atoms. The van der Waals surface area contributed by atoms with Crippen LogP contribution in [0.5, 0.6) is 0 Å². The molecule has 2 aliphatic carbocycles. The Morgan fingerprint density at radius 3 is 2.82 bits per heavy atom. The molecule has 0 radical (unpaired) electrons. The minimum atomic E-state index is -0.522. The van der Waals surface area contributed by atoms with Gasteiger partial charge in [-0.3, -0.25) is 0 Å². The van der Waals surface area contributed by atoms with Crippen molar-refractivity contribution in [1.82, 2.24) is 0 Å². The van der Waals surface area contributed by atoms with E-state index in [0.29, 0.717) is 17.8 Å². The summed E-state index contributed by atoms with van der Waals surface area (Å²) in [6.07, 6.45) is 6.44. The second-order valence-electron chi connectivity index (χ2n) is 6.33. The Kier molecular flexibility index (Phi) is 3.65. The molecule has 1 fully saturated rings. The Bertz CT molecular complexity index is 310. The minimum Gasteiger partial charge on any atom is -0.396 e. The number of hydrogen-bond acceptors (Lipinski definition) is 2. The fourth-order valence-electron chi connectivity index (χ4n) is 3.81. The zero-order chi connectivity index (χ0) is 12.6. The van der Waals surface area contributed by atoms with Gasteiger partial charge < -0.3 is 10.2 Å². The fourth-order valence-corrected chi connectivity index (χ4v) is 3.81. The average Bonchev–Trinajstić information content (AvgIpc) is 2.31. The van der Waals surface area contributed by atoms with Gasteiger partial charge in [0.2, 0.25) is 0 Å². The Morgan fingerprint density at radius 2 is 2.18 bits per heavy atom. The van der Waals surface area contributed by atoms with Crippen molar-refractivity contribution >= 4 is 0 Å². The van der Waals surface area contributed by atoms with E-state index in [4.69, 9.17) is 0 Å². The average molecular weight is 238 g/mol. The molecule has 0 aromatic carbocycles. The standard InChI is InChI=1S/C15H26O2/c1-10-6-7-15(17)12(3)4-5-13(11(2)9-16)14(15)8-10/h8,11-14,16-17H,4-7,9H2,1-3H3. The van der Waals surface area contributed by atoms with Crippen LogP contribution in [0.15, 0.2) is 11.6 Å². The van der Waals surface area contributed by atoms with Crippen molar-refractivity contribution in [3.8, 4) is 0 Å². The first-order valence-electron chi connectivity index (χ1n) is 6.99. The maximum absolute atomic E-state index is 11.0. The van der Waals surface area contributed by atoms with Gasteiger partial charge in [0.15, 0.2) is 0 Å². The van der Waals surface area contributed by atoms with Gasteiger partial charge in [0.25, 0.3) is 0 Å². The van der Waals surface area contributed by atoms with Crippen LogP contribution in [-0.4, -0.2) is 22.4 Å². The van der Waals surface area contributed by atoms with Gasteiger partial charge >= 0.3 is 0 Å². The lowest BCUT2D eigenvalue weighted by Crippen LogP contribution is -2.52. The second-order valence-corrected chi connectivity index (χ2v) is 6.33. The molecule has 5 atom stereocenters. The Labute approximate surface area is 105 Å². The molecular formula is C15H26O2. The lowest BCUT2D eigenvalue weighted by molar-refractivity contribution is -0.115. The van der Waals surface area contributed by atoms with E-state index in [9.17, 15) is 10.2 Å². The third-order valence-corrected chi connectivity index (χ3v) is 5.23. The Balaban J connectivity index is 2.30. The second kappa shape index (κ2) is 4.74. The molecule has 0 spiro atoms. The highest BCUT2D eigenvalue weighted by atomic mass is 16.3. The normalized spacial score (nSPS) is 43.8. The van der Waals surface area contributed by atoms with Crippen molar-refractivity contribution in [1.29, 1.82) is 0 Å². The van der Waals surface area contributed by atoms with Crippen molar-refractivity contribution in [3.63, 3.8) is 0 Å². The lowest BCUT2D eigenvalue weighted by Gasteiger charge is -2.51. The molecule has 2 rings (SSSR count). The molecule has 17 heavy (non-hydrogen) atoms. The monoisotopic (exact) mass is 238 g/mol. The molecule has 0 aromatic rings. The van der Waals surface area contributed by atoms with Gasteiger partial charge in [-0.25, -0.2) is 0 Å². The molecule has 98 valence electrons. The Hall–Kier alpha value is -0.340. The SMILES string of the molecule is CC1=CC2C(C(C)CO)CCC(C)C2(O)CC1. The van der Waals surface area contributed by atoms with Crippen LogP contribution >= 0.6 is 0 Å². The first kappa shape index (κ1) is 13.1. The molecule has 0 aliphatic heterocycles. The van der Waals surface area contributed by atoms with Gasteiger partial charge in [0, 0.05) is 12.5 Å². The molecule has 0 saturated heterocycles. The van der Waals surface area contributed by atoms with Gasteiger partial charge in [-0.15, -0.1) is 0 Å². The maximum atomic E-state index is 11.0. The zero-order valence-electron chi connectivity index (χ0n) is 11.3. The van der Waals surface area contributed by atoms with Gasteiger partial charge in [0.1, 0.15) is 0 Å². The predicted octanol–water partition coefficient (Wildman–Crippen LogP) is 2.75. The van der Waals surface area contributed by atoms with Gasteiger partial charge in [-0.2, -0.15) is 0 Å². The molecule has 2 heteroatoms. The summed E-state index contributed by atoms with van der Waals surface area (Å²) in [4.78, 5) is 0. The summed E-state index contributed by atoms with van der Waals surface area (Å²) in [5, 5.41) is 20.4. The van der Waals surface area contributed by atoms with E-state index in [2.05, 4.69) is 26.8 Å². The molecule has 2 aliphatic rings. The Morgan fingerprint density at radius 1 is 1.47 bits per heavy atom. The van der Waals surface area contributed by atoms with Gasteiger partial charge in [-0.1, -0.05) is 25.5 Å². The number of aliphatic hydroxyl groups is 2. The van der Waals surface area contributed by atoms with Crippen molar-refractivity contribution in [2.75, 3.05) is 6.61 Å².